The van der Waals surface area contributed by atoms with Crippen molar-refractivity contribution in [2.45, 2.75) is 50.9 Å². The summed E-state index contributed by atoms with van der Waals surface area (Å²) in [5.74, 6) is -0.810. The van der Waals surface area contributed by atoms with Crippen LogP contribution >= 0.6 is 0 Å². The Bertz CT molecular complexity index is 453. The number of carbonyl (C=O) groups is 1. The van der Waals surface area contributed by atoms with Gasteiger partial charge in [0.05, 0.1) is 5.92 Å². The van der Waals surface area contributed by atoms with E-state index in [0.29, 0.717) is 5.41 Å². The van der Waals surface area contributed by atoms with Gasteiger partial charge in [-0.25, -0.2) is 0 Å². The number of carboxylic acid groups (broad SMARTS) is 1. The van der Waals surface area contributed by atoms with E-state index in [1.54, 1.807) is 0 Å². The second kappa shape index (κ2) is 4.36. The molecule has 1 N–H and O–H groups in total. The molecule has 4 rings (SSSR count). The highest BCUT2D eigenvalue weighted by Gasteiger charge is 2.52. The third-order valence-electron chi connectivity index (χ3n) is 5.98. The number of carboxylic acids is 1. The van der Waals surface area contributed by atoms with E-state index < -0.39 is 5.97 Å². The van der Waals surface area contributed by atoms with Gasteiger partial charge in [0.1, 0.15) is 0 Å². The third-order valence-corrected chi connectivity index (χ3v) is 5.98. The lowest BCUT2D eigenvalue weighted by Gasteiger charge is -2.55. The Morgan fingerprint density at radius 3 is 2.05 bits per heavy atom. The zero-order valence-electron chi connectivity index (χ0n) is 11.6. The second-order valence-electron chi connectivity index (χ2n) is 6.57. The Morgan fingerprint density at radius 2 is 1.58 bits per heavy atom. The van der Waals surface area contributed by atoms with Crippen LogP contribution in [0.3, 0.4) is 0 Å². The monoisotopic (exact) mass is 258 g/mol. The molecule has 0 aliphatic heterocycles. The van der Waals surface area contributed by atoms with Crippen molar-refractivity contribution in [3.63, 3.8) is 0 Å². The minimum absolute atomic E-state index is 0.0718. The highest BCUT2D eigenvalue weighted by Crippen LogP contribution is 2.60. The van der Waals surface area contributed by atoms with Gasteiger partial charge in [-0.15, -0.1) is 0 Å². The summed E-state index contributed by atoms with van der Waals surface area (Å²) >= 11 is 0. The molecule has 2 nitrogen and oxygen atoms in total. The highest BCUT2D eigenvalue weighted by molar-refractivity contribution is 5.70. The molecule has 3 aliphatic carbocycles. The van der Waals surface area contributed by atoms with Crippen LogP contribution in [0.25, 0.3) is 0 Å². The van der Waals surface area contributed by atoms with Gasteiger partial charge in [-0.1, -0.05) is 37.3 Å². The van der Waals surface area contributed by atoms with E-state index in [-0.39, 0.29) is 11.3 Å². The summed E-state index contributed by atoms with van der Waals surface area (Å²) in [4.78, 5) is 11.3. The van der Waals surface area contributed by atoms with Gasteiger partial charge < -0.3 is 5.11 Å². The number of benzene rings is 1. The molecule has 0 radical (unpaired) electrons. The molecule has 102 valence electrons. The summed E-state index contributed by atoms with van der Waals surface area (Å²) in [6, 6.07) is 10.8. The van der Waals surface area contributed by atoms with Crippen LogP contribution in [0.4, 0.5) is 0 Å². The average Bonchev–Trinajstić information content (AvgIpc) is 2.49. The molecule has 0 saturated heterocycles. The van der Waals surface area contributed by atoms with Crippen LogP contribution in [0.1, 0.15) is 51.0 Å². The first-order valence-corrected chi connectivity index (χ1v) is 7.36. The minimum atomic E-state index is -0.617. The van der Waals surface area contributed by atoms with E-state index in [9.17, 15) is 9.90 Å². The molecule has 0 aromatic heterocycles. The maximum Gasteiger partial charge on any atom is 0.306 e. The third kappa shape index (κ3) is 1.89. The second-order valence-corrected chi connectivity index (χ2v) is 6.57. The molecule has 1 aromatic rings. The summed E-state index contributed by atoms with van der Waals surface area (Å²) in [5, 5.41) is 9.33. The van der Waals surface area contributed by atoms with Crippen molar-refractivity contribution in [2.75, 3.05) is 0 Å². The molecule has 0 heterocycles. The molecular formula is C17H22O2. The van der Waals surface area contributed by atoms with Crippen LogP contribution in [0, 0.1) is 11.3 Å². The molecule has 3 aliphatic rings. The maximum absolute atomic E-state index is 11.3. The van der Waals surface area contributed by atoms with Crippen molar-refractivity contribution in [1.29, 1.82) is 0 Å². The van der Waals surface area contributed by atoms with E-state index in [1.807, 2.05) is 6.92 Å². The van der Waals surface area contributed by atoms with Crippen LogP contribution in [0.2, 0.25) is 0 Å². The fourth-order valence-electron chi connectivity index (χ4n) is 4.35. The molecule has 0 amide bonds. The number of fused-ring (bicyclic) bond motifs is 3. The zero-order chi connectivity index (χ0) is 13.5. The summed E-state index contributed by atoms with van der Waals surface area (Å²) in [6.07, 6.45) is 6.72. The first-order chi connectivity index (χ1) is 9.08. The van der Waals surface area contributed by atoms with E-state index in [2.05, 4.69) is 30.3 Å². The van der Waals surface area contributed by atoms with Crippen molar-refractivity contribution in [2.24, 2.45) is 11.3 Å². The Hall–Kier alpha value is -1.31. The Morgan fingerprint density at radius 1 is 1.05 bits per heavy atom. The van der Waals surface area contributed by atoms with E-state index >= 15 is 0 Å². The van der Waals surface area contributed by atoms with Gasteiger partial charge in [0.2, 0.25) is 0 Å². The van der Waals surface area contributed by atoms with Crippen molar-refractivity contribution >= 4 is 5.97 Å². The summed E-state index contributed by atoms with van der Waals surface area (Å²) < 4.78 is 0. The number of hydrogen-bond acceptors (Lipinski definition) is 1. The van der Waals surface area contributed by atoms with Crippen LogP contribution < -0.4 is 0 Å². The number of hydrogen-bond donors (Lipinski definition) is 1. The van der Waals surface area contributed by atoms with Crippen LogP contribution in [-0.4, -0.2) is 11.1 Å². The fourth-order valence-corrected chi connectivity index (χ4v) is 4.35. The Labute approximate surface area is 114 Å². The largest absolute Gasteiger partial charge is 0.481 e. The smallest absolute Gasteiger partial charge is 0.306 e. The van der Waals surface area contributed by atoms with Gasteiger partial charge in [0.15, 0.2) is 0 Å². The first-order valence-electron chi connectivity index (χ1n) is 7.36. The lowest BCUT2D eigenvalue weighted by molar-refractivity contribution is -0.150. The Balaban J connectivity index is 1.84. The SMILES string of the molecule is CC(C(=O)O)C12CCC(c3ccccc3)(CC1)CC2. The van der Waals surface area contributed by atoms with Gasteiger partial charge in [-0.2, -0.15) is 0 Å². The molecule has 2 bridgehead atoms. The predicted molar refractivity (Wildman–Crippen MR) is 75.1 cm³/mol. The maximum atomic E-state index is 11.3. The van der Waals surface area contributed by atoms with E-state index in [4.69, 9.17) is 0 Å². The van der Waals surface area contributed by atoms with E-state index in [1.165, 1.54) is 5.56 Å². The molecule has 19 heavy (non-hydrogen) atoms. The topological polar surface area (TPSA) is 37.3 Å². The van der Waals surface area contributed by atoms with Crippen molar-refractivity contribution in [1.82, 2.24) is 0 Å². The molecule has 3 fully saturated rings. The number of rotatable bonds is 3. The first kappa shape index (κ1) is 12.7. The standard InChI is InChI=1S/C17H22O2/c1-13(15(18)19)16-7-10-17(11-8-16,12-9-16)14-5-3-2-4-6-14/h2-6,13H,7-12H2,1H3,(H,18,19). The normalized spacial score (nSPS) is 35.0. The summed E-state index contributed by atoms with van der Waals surface area (Å²) in [7, 11) is 0. The molecule has 1 unspecified atom stereocenters. The minimum Gasteiger partial charge on any atom is -0.481 e. The Kier molecular flexibility index (Phi) is 2.92. The molecule has 2 heteroatoms. The number of aliphatic carboxylic acids is 1. The lowest BCUT2D eigenvalue weighted by Crippen LogP contribution is -2.48. The lowest BCUT2D eigenvalue weighted by atomic mass is 9.49. The van der Waals surface area contributed by atoms with E-state index in [0.717, 1.165) is 38.5 Å². The van der Waals surface area contributed by atoms with Crippen LogP contribution in [-0.2, 0) is 10.2 Å². The predicted octanol–water partition coefficient (Wildman–Crippen LogP) is 4.00. The van der Waals surface area contributed by atoms with Crippen molar-refractivity contribution in [3.05, 3.63) is 35.9 Å². The fraction of sp³-hybridized carbons (Fsp3) is 0.588. The molecule has 1 aromatic carbocycles. The molecule has 0 spiro atoms. The molecule has 3 saturated carbocycles. The molecule has 1 atom stereocenters. The van der Waals surface area contributed by atoms with Gasteiger partial charge in [0.25, 0.3) is 0 Å². The molecular weight excluding hydrogens is 236 g/mol. The van der Waals surface area contributed by atoms with Crippen molar-refractivity contribution < 1.29 is 9.90 Å². The summed E-state index contributed by atoms with van der Waals surface area (Å²) in [6.45, 7) is 1.91. The average molecular weight is 258 g/mol. The van der Waals surface area contributed by atoms with Crippen molar-refractivity contribution in [3.8, 4) is 0 Å². The summed E-state index contributed by atoms with van der Waals surface area (Å²) in [5.41, 5.74) is 1.87. The van der Waals surface area contributed by atoms with Gasteiger partial charge in [0, 0.05) is 0 Å². The van der Waals surface area contributed by atoms with Gasteiger partial charge in [-0.3, -0.25) is 4.79 Å². The zero-order valence-corrected chi connectivity index (χ0v) is 11.6. The van der Waals surface area contributed by atoms with Gasteiger partial charge in [-0.05, 0) is 54.9 Å². The van der Waals surface area contributed by atoms with Crippen LogP contribution in [0.5, 0.6) is 0 Å². The quantitative estimate of drug-likeness (QED) is 0.889. The van der Waals surface area contributed by atoms with Crippen LogP contribution in [0.15, 0.2) is 30.3 Å². The van der Waals surface area contributed by atoms with Gasteiger partial charge >= 0.3 is 5.97 Å². The highest BCUT2D eigenvalue weighted by atomic mass is 16.4.